The van der Waals surface area contributed by atoms with Gasteiger partial charge in [-0.1, -0.05) is 29.8 Å². The average molecular weight is 263 g/mol. The first-order chi connectivity index (χ1) is 8.78. The summed E-state index contributed by atoms with van der Waals surface area (Å²) in [6.45, 7) is 1.10. The average Bonchev–Trinajstić information content (AvgIpc) is 2.81. The zero-order valence-corrected chi connectivity index (χ0v) is 10.8. The highest BCUT2D eigenvalue weighted by molar-refractivity contribution is 6.33. The molecule has 2 heterocycles. The number of aryl methyl sites for hydroxylation is 1. The largest absolute Gasteiger partial charge is 0.396 e. The minimum Gasteiger partial charge on any atom is -0.396 e. The maximum Gasteiger partial charge on any atom is 0.109 e. The van der Waals surface area contributed by atoms with Crippen molar-refractivity contribution in [2.75, 3.05) is 6.61 Å². The lowest BCUT2D eigenvalue weighted by Crippen LogP contribution is -2.22. The lowest BCUT2D eigenvalue weighted by molar-refractivity contribution is 0.190. The van der Waals surface area contributed by atoms with Crippen LogP contribution in [0.15, 0.2) is 30.5 Å². The Morgan fingerprint density at radius 2 is 2.22 bits per heavy atom. The normalized spacial score (nSPS) is 18.7. The third kappa shape index (κ3) is 2.04. The number of nitrogens with zero attached hydrogens (tertiary/aromatic N) is 2. The molecule has 4 heteroatoms. The van der Waals surface area contributed by atoms with E-state index in [1.54, 1.807) is 0 Å². The summed E-state index contributed by atoms with van der Waals surface area (Å²) in [5, 5.41) is 9.96. The molecule has 1 atom stereocenters. The van der Waals surface area contributed by atoms with Gasteiger partial charge in [0.2, 0.25) is 0 Å². The number of halogens is 1. The highest BCUT2D eigenvalue weighted by Gasteiger charge is 2.20. The summed E-state index contributed by atoms with van der Waals surface area (Å²) in [5.74, 6) is 1.44. The van der Waals surface area contributed by atoms with Crippen LogP contribution >= 0.6 is 11.6 Å². The van der Waals surface area contributed by atoms with Crippen LogP contribution in [0.2, 0.25) is 5.02 Å². The SMILES string of the molecule is OCC1CCc2nc(-c3ccccc3Cl)cn2C1. The number of aromatic nitrogens is 2. The number of hydrogen-bond acceptors (Lipinski definition) is 2. The predicted octanol–water partition coefficient (Wildman–Crippen LogP) is 2.76. The monoisotopic (exact) mass is 262 g/mol. The Balaban J connectivity index is 1.97. The van der Waals surface area contributed by atoms with Crippen LogP contribution in [-0.4, -0.2) is 21.3 Å². The minimum absolute atomic E-state index is 0.249. The summed E-state index contributed by atoms with van der Waals surface area (Å²) in [6.07, 6.45) is 3.98. The third-order valence-electron chi connectivity index (χ3n) is 3.50. The van der Waals surface area contributed by atoms with Crippen molar-refractivity contribution in [1.82, 2.24) is 9.55 Å². The molecule has 3 nitrogen and oxygen atoms in total. The first-order valence-corrected chi connectivity index (χ1v) is 6.57. The Kier molecular flexibility index (Phi) is 3.10. The molecule has 0 amide bonds. The Morgan fingerprint density at radius 3 is 3.00 bits per heavy atom. The van der Waals surface area contributed by atoms with Gasteiger partial charge in [-0.15, -0.1) is 0 Å². The minimum atomic E-state index is 0.249. The zero-order valence-electron chi connectivity index (χ0n) is 10.0. The summed E-state index contributed by atoms with van der Waals surface area (Å²) < 4.78 is 2.14. The molecular formula is C14H15ClN2O. The molecule has 1 aromatic carbocycles. The topological polar surface area (TPSA) is 38.1 Å². The van der Waals surface area contributed by atoms with Crippen molar-refractivity contribution in [3.8, 4) is 11.3 Å². The molecule has 1 N–H and O–H groups in total. The van der Waals surface area contributed by atoms with E-state index in [1.165, 1.54) is 0 Å². The number of benzene rings is 1. The van der Waals surface area contributed by atoms with Gasteiger partial charge in [0.05, 0.1) is 10.7 Å². The number of imidazole rings is 1. The molecule has 1 aromatic heterocycles. The smallest absolute Gasteiger partial charge is 0.109 e. The van der Waals surface area contributed by atoms with E-state index in [0.717, 1.165) is 41.5 Å². The summed E-state index contributed by atoms with van der Waals surface area (Å²) in [7, 11) is 0. The van der Waals surface area contributed by atoms with Crippen molar-refractivity contribution < 1.29 is 5.11 Å². The number of rotatable bonds is 2. The van der Waals surface area contributed by atoms with E-state index in [2.05, 4.69) is 9.55 Å². The predicted molar refractivity (Wildman–Crippen MR) is 71.6 cm³/mol. The van der Waals surface area contributed by atoms with Gasteiger partial charge in [-0.25, -0.2) is 4.98 Å². The van der Waals surface area contributed by atoms with E-state index in [4.69, 9.17) is 11.6 Å². The van der Waals surface area contributed by atoms with Gasteiger partial charge in [0, 0.05) is 37.3 Å². The second-order valence-electron chi connectivity index (χ2n) is 4.76. The maximum absolute atomic E-state index is 9.23. The Labute approximate surface area is 111 Å². The van der Waals surface area contributed by atoms with Crippen LogP contribution in [0, 0.1) is 5.92 Å². The van der Waals surface area contributed by atoms with Crippen LogP contribution < -0.4 is 0 Å². The summed E-state index contributed by atoms with van der Waals surface area (Å²) in [4.78, 5) is 4.65. The van der Waals surface area contributed by atoms with Gasteiger partial charge >= 0.3 is 0 Å². The van der Waals surface area contributed by atoms with Crippen molar-refractivity contribution in [2.24, 2.45) is 5.92 Å². The van der Waals surface area contributed by atoms with E-state index < -0.39 is 0 Å². The summed E-state index contributed by atoms with van der Waals surface area (Å²) in [6, 6.07) is 7.76. The molecule has 1 aliphatic heterocycles. The molecule has 3 rings (SSSR count). The molecule has 0 fully saturated rings. The standard InChI is InChI=1S/C14H15ClN2O/c15-12-4-2-1-3-11(12)13-8-17-7-10(9-18)5-6-14(17)16-13/h1-4,8,10,18H,5-7,9H2. The molecule has 0 saturated heterocycles. The van der Waals surface area contributed by atoms with Crippen LogP contribution in [0.3, 0.4) is 0 Å². The lowest BCUT2D eigenvalue weighted by Gasteiger charge is -2.21. The number of aliphatic hydroxyl groups is 1. The number of fused-ring (bicyclic) bond motifs is 1. The van der Waals surface area contributed by atoms with E-state index in [0.29, 0.717) is 5.92 Å². The van der Waals surface area contributed by atoms with E-state index in [-0.39, 0.29) is 6.61 Å². The third-order valence-corrected chi connectivity index (χ3v) is 3.83. The zero-order chi connectivity index (χ0) is 12.5. The molecular weight excluding hydrogens is 248 g/mol. The maximum atomic E-state index is 9.23. The first kappa shape index (κ1) is 11.8. The fourth-order valence-electron chi connectivity index (χ4n) is 2.46. The lowest BCUT2D eigenvalue weighted by atomic mass is 10.0. The molecule has 18 heavy (non-hydrogen) atoms. The van der Waals surface area contributed by atoms with Gasteiger partial charge in [-0.3, -0.25) is 0 Å². The van der Waals surface area contributed by atoms with Crippen molar-refractivity contribution in [1.29, 1.82) is 0 Å². The van der Waals surface area contributed by atoms with Crippen LogP contribution in [0.1, 0.15) is 12.2 Å². The Hall–Kier alpha value is -1.32. The van der Waals surface area contributed by atoms with E-state index >= 15 is 0 Å². The van der Waals surface area contributed by atoms with E-state index in [9.17, 15) is 5.11 Å². The highest BCUT2D eigenvalue weighted by Crippen LogP contribution is 2.29. The first-order valence-electron chi connectivity index (χ1n) is 6.19. The van der Waals surface area contributed by atoms with Gasteiger partial charge in [0.15, 0.2) is 0 Å². The van der Waals surface area contributed by atoms with Gasteiger partial charge in [0.1, 0.15) is 5.82 Å². The second-order valence-corrected chi connectivity index (χ2v) is 5.17. The summed E-state index contributed by atoms with van der Waals surface area (Å²) >= 11 is 6.19. The van der Waals surface area contributed by atoms with Crippen LogP contribution in [0.5, 0.6) is 0 Å². The molecule has 1 aliphatic rings. The molecule has 94 valence electrons. The Morgan fingerprint density at radius 1 is 1.39 bits per heavy atom. The molecule has 0 radical (unpaired) electrons. The molecule has 0 aliphatic carbocycles. The van der Waals surface area contributed by atoms with Gasteiger partial charge in [0.25, 0.3) is 0 Å². The number of aliphatic hydroxyl groups excluding tert-OH is 1. The quantitative estimate of drug-likeness (QED) is 0.904. The molecule has 1 unspecified atom stereocenters. The molecule has 0 saturated carbocycles. The van der Waals surface area contributed by atoms with Crippen molar-refractivity contribution in [3.05, 3.63) is 41.3 Å². The van der Waals surface area contributed by atoms with Crippen LogP contribution in [-0.2, 0) is 13.0 Å². The second kappa shape index (κ2) is 4.75. The summed E-state index contributed by atoms with van der Waals surface area (Å²) in [5.41, 5.74) is 1.90. The fraction of sp³-hybridized carbons (Fsp3) is 0.357. The van der Waals surface area contributed by atoms with Crippen molar-refractivity contribution in [2.45, 2.75) is 19.4 Å². The van der Waals surface area contributed by atoms with E-state index in [1.807, 2.05) is 30.5 Å². The fourth-order valence-corrected chi connectivity index (χ4v) is 2.69. The van der Waals surface area contributed by atoms with Crippen LogP contribution in [0.25, 0.3) is 11.3 Å². The molecule has 2 aromatic rings. The molecule has 0 spiro atoms. The highest BCUT2D eigenvalue weighted by atomic mass is 35.5. The molecule has 0 bridgehead atoms. The van der Waals surface area contributed by atoms with Crippen molar-refractivity contribution >= 4 is 11.6 Å². The van der Waals surface area contributed by atoms with Gasteiger partial charge in [-0.2, -0.15) is 0 Å². The van der Waals surface area contributed by atoms with Gasteiger partial charge < -0.3 is 9.67 Å². The Bertz CT molecular complexity index is 565. The van der Waals surface area contributed by atoms with Gasteiger partial charge in [-0.05, 0) is 12.5 Å². The van der Waals surface area contributed by atoms with Crippen LogP contribution in [0.4, 0.5) is 0 Å². The number of hydrogen-bond donors (Lipinski definition) is 1. The van der Waals surface area contributed by atoms with Crippen molar-refractivity contribution in [3.63, 3.8) is 0 Å².